The average molecular weight is 236 g/mol. The minimum Gasteiger partial charge on any atom is -0.383 e. The molecule has 1 aromatic rings. The SMILES string of the molecule is CCCc1ncc(CN2CCOCC2)c(N)n1. The number of nitrogens with zero attached hydrogens (tertiary/aromatic N) is 3. The normalized spacial score (nSPS) is 17.2. The average Bonchev–Trinajstić information content (AvgIpc) is 2.34. The van der Waals surface area contributed by atoms with Gasteiger partial charge in [-0.15, -0.1) is 0 Å². The second kappa shape index (κ2) is 5.93. The maximum Gasteiger partial charge on any atom is 0.131 e. The molecule has 1 aromatic heterocycles. The summed E-state index contributed by atoms with van der Waals surface area (Å²) in [6.07, 6.45) is 3.80. The molecule has 5 heteroatoms. The Kier molecular flexibility index (Phi) is 4.28. The van der Waals surface area contributed by atoms with Crippen LogP contribution in [0.2, 0.25) is 0 Å². The zero-order valence-electron chi connectivity index (χ0n) is 10.4. The van der Waals surface area contributed by atoms with E-state index in [0.29, 0.717) is 5.82 Å². The van der Waals surface area contributed by atoms with Gasteiger partial charge in [-0.1, -0.05) is 6.92 Å². The van der Waals surface area contributed by atoms with E-state index >= 15 is 0 Å². The minimum atomic E-state index is 0.620. The highest BCUT2D eigenvalue weighted by Gasteiger charge is 2.13. The fraction of sp³-hybridized carbons (Fsp3) is 0.667. The van der Waals surface area contributed by atoms with E-state index in [4.69, 9.17) is 10.5 Å². The van der Waals surface area contributed by atoms with Crippen LogP contribution in [0, 0.1) is 0 Å². The Balaban J connectivity index is 2.00. The summed E-state index contributed by atoms with van der Waals surface area (Å²) in [4.78, 5) is 11.0. The number of nitrogen functional groups attached to an aromatic ring is 1. The monoisotopic (exact) mass is 236 g/mol. The molecule has 17 heavy (non-hydrogen) atoms. The lowest BCUT2D eigenvalue weighted by Crippen LogP contribution is -2.36. The van der Waals surface area contributed by atoms with Crippen molar-refractivity contribution in [2.45, 2.75) is 26.3 Å². The van der Waals surface area contributed by atoms with Gasteiger partial charge in [0.2, 0.25) is 0 Å². The molecule has 0 aromatic carbocycles. The molecule has 0 spiro atoms. The number of nitrogens with two attached hydrogens (primary N) is 1. The quantitative estimate of drug-likeness (QED) is 0.839. The van der Waals surface area contributed by atoms with E-state index in [-0.39, 0.29) is 0 Å². The molecule has 0 aliphatic carbocycles. The molecule has 2 heterocycles. The van der Waals surface area contributed by atoms with Gasteiger partial charge in [-0.3, -0.25) is 4.90 Å². The van der Waals surface area contributed by atoms with Gasteiger partial charge in [0.1, 0.15) is 11.6 Å². The first-order valence-corrected chi connectivity index (χ1v) is 6.20. The van der Waals surface area contributed by atoms with Gasteiger partial charge in [0.05, 0.1) is 13.2 Å². The number of hydrogen-bond donors (Lipinski definition) is 1. The summed E-state index contributed by atoms with van der Waals surface area (Å²) in [6.45, 7) is 6.44. The summed E-state index contributed by atoms with van der Waals surface area (Å²) in [5.74, 6) is 1.46. The Bertz CT molecular complexity index is 364. The highest BCUT2D eigenvalue weighted by atomic mass is 16.5. The maximum absolute atomic E-state index is 5.96. The molecule has 0 bridgehead atoms. The number of rotatable bonds is 4. The van der Waals surface area contributed by atoms with E-state index in [1.807, 2.05) is 6.20 Å². The third-order valence-electron chi connectivity index (χ3n) is 2.92. The van der Waals surface area contributed by atoms with Crippen molar-refractivity contribution in [1.29, 1.82) is 0 Å². The predicted octanol–water partition coefficient (Wildman–Crippen LogP) is 0.843. The Labute approximate surface area is 102 Å². The van der Waals surface area contributed by atoms with Crippen molar-refractivity contribution in [3.8, 4) is 0 Å². The van der Waals surface area contributed by atoms with E-state index < -0.39 is 0 Å². The lowest BCUT2D eigenvalue weighted by atomic mass is 10.2. The molecule has 1 aliphatic heterocycles. The van der Waals surface area contributed by atoms with Crippen LogP contribution in [0.15, 0.2) is 6.20 Å². The largest absolute Gasteiger partial charge is 0.383 e. The first-order chi connectivity index (χ1) is 8.29. The van der Waals surface area contributed by atoms with Crippen molar-refractivity contribution >= 4 is 5.82 Å². The molecule has 0 atom stereocenters. The maximum atomic E-state index is 5.96. The Morgan fingerprint density at radius 1 is 1.41 bits per heavy atom. The molecule has 0 saturated carbocycles. The Morgan fingerprint density at radius 3 is 2.82 bits per heavy atom. The van der Waals surface area contributed by atoms with Gasteiger partial charge >= 0.3 is 0 Å². The number of anilines is 1. The third kappa shape index (κ3) is 3.38. The van der Waals surface area contributed by atoms with Gasteiger partial charge in [-0.25, -0.2) is 9.97 Å². The molecular formula is C12H20N4O. The molecular weight excluding hydrogens is 216 g/mol. The second-order valence-electron chi connectivity index (χ2n) is 4.34. The van der Waals surface area contributed by atoms with Crippen LogP contribution in [0.3, 0.4) is 0 Å². The first-order valence-electron chi connectivity index (χ1n) is 6.20. The molecule has 5 nitrogen and oxygen atoms in total. The van der Waals surface area contributed by atoms with Crippen molar-refractivity contribution in [1.82, 2.24) is 14.9 Å². The molecule has 1 saturated heterocycles. The van der Waals surface area contributed by atoms with E-state index in [0.717, 1.165) is 57.1 Å². The van der Waals surface area contributed by atoms with Crippen molar-refractivity contribution in [3.63, 3.8) is 0 Å². The Hall–Kier alpha value is -1.20. The Morgan fingerprint density at radius 2 is 2.18 bits per heavy atom. The van der Waals surface area contributed by atoms with E-state index in [1.54, 1.807) is 0 Å². The van der Waals surface area contributed by atoms with Crippen LogP contribution in [0.1, 0.15) is 24.7 Å². The summed E-state index contributed by atoms with van der Waals surface area (Å²) in [5.41, 5.74) is 6.98. The summed E-state index contributed by atoms with van der Waals surface area (Å²) in [6, 6.07) is 0. The molecule has 2 N–H and O–H groups in total. The van der Waals surface area contributed by atoms with Gasteiger partial charge in [0.25, 0.3) is 0 Å². The highest BCUT2D eigenvalue weighted by Crippen LogP contribution is 2.12. The lowest BCUT2D eigenvalue weighted by molar-refractivity contribution is 0.0342. The van der Waals surface area contributed by atoms with Crippen molar-refractivity contribution in [2.75, 3.05) is 32.0 Å². The van der Waals surface area contributed by atoms with Gasteiger partial charge in [-0.05, 0) is 6.42 Å². The van der Waals surface area contributed by atoms with Gasteiger partial charge in [0, 0.05) is 37.8 Å². The number of aryl methyl sites for hydroxylation is 1. The number of aromatic nitrogens is 2. The van der Waals surface area contributed by atoms with Crippen LogP contribution in [0.5, 0.6) is 0 Å². The molecule has 1 fully saturated rings. The number of ether oxygens (including phenoxy) is 1. The molecule has 0 radical (unpaired) electrons. The molecule has 0 amide bonds. The lowest BCUT2D eigenvalue weighted by Gasteiger charge is -2.26. The van der Waals surface area contributed by atoms with Crippen molar-refractivity contribution in [2.24, 2.45) is 0 Å². The predicted molar refractivity (Wildman–Crippen MR) is 66.5 cm³/mol. The first kappa shape index (κ1) is 12.3. The van der Waals surface area contributed by atoms with Crippen LogP contribution in [0.25, 0.3) is 0 Å². The summed E-state index contributed by atoms with van der Waals surface area (Å²) < 4.78 is 5.31. The summed E-state index contributed by atoms with van der Waals surface area (Å²) in [7, 11) is 0. The fourth-order valence-corrected chi connectivity index (χ4v) is 1.92. The minimum absolute atomic E-state index is 0.620. The van der Waals surface area contributed by atoms with E-state index in [2.05, 4.69) is 21.8 Å². The van der Waals surface area contributed by atoms with Gasteiger partial charge in [-0.2, -0.15) is 0 Å². The topological polar surface area (TPSA) is 64.3 Å². The van der Waals surface area contributed by atoms with Crippen LogP contribution in [0.4, 0.5) is 5.82 Å². The smallest absolute Gasteiger partial charge is 0.131 e. The zero-order chi connectivity index (χ0) is 12.1. The van der Waals surface area contributed by atoms with E-state index in [1.165, 1.54) is 0 Å². The second-order valence-corrected chi connectivity index (χ2v) is 4.34. The van der Waals surface area contributed by atoms with E-state index in [9.17, 15) is 0 Å². The molecule has 1 aliphatic rings. The zero-order valence-corrected chi connectivity index (χ0v) is 10.4. The van der Waals surface area contributed by atoms with Crippen LogP contribution in [-0.2, 0) is 17.7 Å². The molecule has 2 rings (SSSR count). The summed E-state index contributed by atoms with van der Waals surface area (Å²) >= 11 is 0. The third-order valence-corrected chi connectivity index (χ3v) is 2.92. The number of hydrogen-bond acceptors (Lipinski definition) is 5. The van der Waals surface area contributed by atoms with Gasteiger partial charge < -0.3 is 10.5 Å². The highest BCUT2D eigenvalue weighted by molar-refractivity contribution is 5.37. The van der Waals surface area contributed by atoms with Crippen molar-refractivity contribution < 1.29 is 4.74 Å². The van der Waals surface area contributed by atoms with Crippen LogP contribution >= 0.6 is 0 Å². The standard InChI is InChI=1S/C12H20N4O/c1-2-3-11-14-8-10(12(13)15-11)9-16-4-6-17-7-5-16/h8H,2-7,9H2,1H3,(H2,13,14,15). The van der Waals surface area contributed by atoms with Gasteiger partial charge in [0.15, 0.2) is 0 Å². The fourth-order valence-electron chi connectivity index (χ4n) is 1.92. The molecule has 94 valence electrons. The number of morpholine rings is 1. The van der Waals surface area contributed by atoms with Crippen LogP contribution < -0.4 is 5.73 Å². The summed E-state index contributed by atoms with van der Waals surface area (Å²) in [5, 5.41) is 0. The van der Waals surface area contributed by atoms with Crippen LogP contribution in [-0.4, -0.2) is 41.2 Å². The van der Waals surface area contributed by atoms with Crippen molar-refractivity contribution in [3.05, 3.63) is 17.6 Å². The molecule has 0 unspecified atom stereocenters.